The van der Waals surface area contributed by atoms with E-state index in [9.17, 15) is 9.59 Å². The van der Waals surface area contributed by atoms with Gasteiger partial charge in [-0.05, 0) is 31.5 Å². The monoisotopic (exact) mass is 430 g/mol. The summed E-state index contributed by atoms with van der Waals surface area (Å²) < 4.78 is 21.4. The molecule has 2 aromatic carbocycles. The lowest BCUT2D eigenvalue weighted by atomic mass is 10.1. The van der Waals surface area contributed by atoms with Crippen LogP contribution in [0, 0.1) is 0 Å². The molecule has 1 atom stereocenters. The molecule has 8 heteroatoms. The maximum Gasteiger partial charge on any atom is 0.261 e. The van der Waals surface area contributed by atoms with Crippen LogP contribution in [0.3, 0.4) is 0 Å². The number of amides is 2. The molecule has 0 aliphatic rings. The molecule has 8 nitrogen and oxygen atoms in total. The first kappa shape index (κ1) is 23.9. The van der Waals surface area contributed by atoms with E-state index < -0.39 is 6.04 Å². The van der Waals surface area contributed by atoms with Gasteiger partial charge in [0, 0.05) is 31.3 Å². The first-order valence-corrected chi connectivity index (χ1v) is 9.97. The summed E-state index contributed by atoms with van der Waals surface area (Å²) in [6, 6.07) is 11.7. The van der Waals surface area contributed by atoms with Crippen LogP contribution in [0.15, 0.2) is 42.5 Å². The highest BCUT2D eigenvalue weighted by Gasteiger charge is 2.26. The Labute approximate surface area is 183 Å². The first-order valence-electron chi connectivity index (χ1n) is 9.97. The third-order valence-electron chi connectivity index (χ3n) is 4.69. The van der Waals surface area contributed by atoms with Gasteiger partial charge in [0.2, 0.25) is 5.91 Å². The number of methoxy groups -OCH3 is 3. The van der Waals surface area contributed by atoms with Gasteiger partial charge in [-0.3, -0.25) is 9.59 Å². The van der Waals surface area contributed by atoms with Crippen molar-refractivity contribution < 1.29 is 28.5 Å². The maximum atomic E-state index is 13.1. The minimum Gasteiger partial charge on any atom is -0.497 e. The van der Waals surface area contributed by atoms with Crippen LogP contribution < -0.4 is 24.3 Å². The second-order valence-corrected chi connectivity index (χ2v) is 6.78. The number of ether oxygens (including phenoxy) is 4. The third-order valence-corrected chi connectivity index (χ3v) is 4.69. The zero-order valence-electron chi connectivity index (χ0n) is 18.6. The predicted octanol–water partition coefficient (Wildman–Crippen LogP) is 2.64. The van der Waals surface area contributed by atoms with E-state index in [1.54, 1.807) is 32.2 Å². The maximum absolute atomic E-state index is 13.1. The molecule has 0 fully saturated rings. The van der Waals surface area contributed by atoms with Crippen molar-refractivity contribution in [1.82, 2.24) is 10.2 Å². The van der Waals surface area contributed by atoms with Crippen molar-refractivity contribution in [2.45, 2.75) is 26.4 Å². The number of nitrogens with zero attached hydrogens (tertiary/aromatic N) is 1. The first-order chi connectivity index (χ1) is 14.9. The highest BCUT2D eigenvalue weighted by Crippen LogP contribution is 2.27. The largest absolute Gasteiger partial charge is 0.497 e. The Morgan fingerprint density at radius 1 is 0.935 bits per heavy atom. The van der Waals surface area contributed by atoms with E-state index in [-0.39, 0.29) is 25.0 Å². The van der Waals surface area contributed by atoms with Crippen molar-refractivity contribution >= 4 is 11.8 Å². The fraction of sp³-hybridized carbons (Fsp3) is 0.391. The van der Waals surface area contributed by atoms with Gasteiger partial charge in [0.15, 0.2) is 6.61 Å². The van der Waals surface area contributed by atoms with Crippen LogP contribution in [0.2, 0.25) is 0 Å². The molecule has 0 aliphatic heterocycles. The lowest BCUT2D eigenvalue weighted by Crippen LogP contribution is -2.49. The molecule has 1 N–H and O–H groups in total. The lowest BCUT2D eigenvalue weighted by molar-refractivity contribution is -0.142. The molecule has 2 rings (SSSR count). The molecule has 0 bridgehead atoms. The average Bonchev–Trinajstić information content (AvgIpc) is 2.80. The standard InChI is InChI=1S/C23H30N2O6/c1-6-24-23(27)16(2)25(14-17-8-7-9-18(10-17)28-3)22(26)15-31-21-12-19(29-4)11-20(13-21)30-5/h7-13,16H,6,14-15H2,1-5H3,(H,24,27)/t16-/m1/s1. The summed E-state index contributed by atoms with van der Waals surface area (Å²) in [6.07, 6.45) is 0. The minimum absolute atomic E-state index is 0.234. The lowest BCUT2D eigenvalue weighted by Gasteiger charge is -2.28. The number of benzene rings is 2. The normalized spacial score (nSPS) is 11.3. The molecule has 0 aromatic heterocycles. The van der Waals surface area contributed by atoms with Gasteiger partial charge in [-0.2, -0.15) is 0 Å². The van der Waals surface area contributed by atoms with Crippen LogP contribution in [-0.2, 0) is 16.1 Å². The van der Waals surface area contributed by atoms with Gasteiger partial charge in [0.25, 0.3) is 5.91 Å². The number of nitrogens with one attached hydrogen (secondary N) is 1. The number of rotatable bonds is 11. The Morgan fingerprint density at radius 2 is 1.55 bits per heavy atom. The molecule has 0 spiro atoms. The average molecular weight is 431 g/mol. The quantitative estimate of drug-likeness (QED) is 0.590. The Morgan fingerprint density at radius 3 is 2.13 bits per heavy atom. The number of carbonyl (C=O) groups excluding carboxylic acids is 2. The molecule has 0 radical (unpaired) electrons. The summed E-state index contributed by atoms with van der Waals surface area (Å²) in [5.74, 6) is 1.63. The van der Waals surface area contributed by atoms with Crippen molar-refractivity contribution in [1.29, 1.82) is 0 Å². The molecular weight excluding hydrogens is 400 g/mol. The van der Waals surface area contributed by atoms with Crippen LogP contribution in [0.1, 0.15) is 19.4 Å². The molecule has 0 saturated heterocycles. The van der Waals surface area contributed by atoms with Crippen molar-refractivity contribution in [3.8, 4) is 23.0 Å². The number of hydrogen-bond acceptors (Lipinski definition) is 6. The zero-order chi connectivity index (χ0) is 22.8. The van der Waals surface area contributed by atoms with Crippen LogP contribution >= 0.6 is 0 Å². The van der Waals surface area contributed by atoms with Crippen molar-refractivity contribution in [3.05, 3.63) is 48.0 Å². The summed E-state index contributed by atoms with van der Waals surface area (Å²) in [7, 11) is 4.65. The highest BCUT2D eigenvalue weighted by molar-refractivity contribution is 5.87. The Kier molecular flexibility index (Phi) is 8.99. The fourth-order valence-corrected chi connectivity index (χ4v) is 2.96. The van der Waals surface area contributed by atoms with Crippen molar-refractivity contribution in [3.63, 3.8) is 0 Å². The van der Waals surface area contributed by atoms with Gasteiger partial charge < -0.3 is 29.2 Å². The van der Waals surface area contributed by atoms with Crippen molar-refractivity contribution in [2.24, 2.45) is 0 Å². The minimum atomic E-state index is -0.679. The summed E-state index contributed by atoms with van der Waals surface area (Å²) in [6.45, 7) is 3.99. The molecule has 0 aliphatic carbocycles. The van der Waals surface area contributed by atoms with Gasteiger partial charge in [0.05, 0.1) is 21.3 Å². The van der Waals surface area contributed by atoms with Crippen LogP contribution in [0.25, 0.3) is 0 Å². The molecule has 168 valence electrons. The molecule has 0 heterocycles. The van der Waals surface area contributed by atoms with E-state index >= 15 is 0 Å². The summed E-state index contributed by atoms with van der Waals surface area (Å²) in [5.41, 5.74) is 0.840. The number of hydrogen-bond donors (Lipinski definition) is 1. The van der Waals surface area contributed by atoms with Gasteiger partial charge in [-0.25, -0.2) is 0 Å². The van der Waals surface area contributed by atoms with E-state index in [2.05, 4.69) is 5.32 Å². The van der Waals surface area contributed by atoms with Crippen LogP contribution in [0.4, 0.5) is 0 Å². The van der Waals surface area contributed by atoms with Gasteiger partial charge in [0.1, 0.15) is 29.0 Å². The van der Waals surface area contributed by atoms with E-state index in [4.69, 9.17) is 18.9 Å². The Balaban J connectivity index is 2.20. The third kappa shape index (κ3) is 6.80. The molecule has 2 amide bonds. The second kappa shape index (κ2) is 11.7. The topological polar surface area (TPSA) is 86.3 Å². The smallest absolute Gasteiger partial charge is 0.261 e. The number of likely N-dealkylation sites (N-methyl/N-ethyl adjacent to an activating group) is 1. The summed E-state index contributed by atoms with van der Waals surface area (Å²) >= 11 is 0. The summed E-state index contributed by atoms with van der Waals surface area (Å²) in [4.78, 5) is 27.0. The highest BCUT2D eigenvalue weighted by atomic mass is 16.5. The molecular formula is C23H30N2O6. The molecule has 0 saturated carbocycles. The SMILES string of the molecule is CCNC(=O)[C@@H](C)N(Cc1cccc(OC)c1)C(=O)COc1cc(OC)cc(OC)c1. The molecule has 2 aromatic rings. The van der Waals surface area contributed by atoms with E-state index in [0.717, 1.165) is 5.56 Å². The number of carbonyl (C=O) groups is 2. The fourth-order valence-electron chi connectivity index (χ4n) is 2.96. The van der Waals surface area contributed by atoms with Gasteiger partial charge >= 0.3 is 0 Å². The molecule has 31 heavy (non-hydrogen) atoms. The van der Waals surface area contributed by atoms with E-state index in [1.807, 2.05) is 31.2 Å². The van der Waals surface area contributed by atoms with Crippen LogP contribution in [-0.4, -0.2) is 57.2 Å². The van der Waals surface area contributed by atoms with E-state index in [1.165, 1.54) is 19.1 Å². The molecule has 0 unspecified atom stereocenters. The Hall–Kier alpha value is -3.42. The van der Waals surface area contributed by atoms with Crippen LogP contribution in [0.5, 0.6) is 23.0 Å². The predicted molar refractivity (Wildman–Crippen MR) is 117 cm³/mol. The van der Waals surface area contributed by atoms with Crippen molar-refractivity contribution in [2.75, 3.05) is 34.5 Å². The zero-order valence-corrected chi connectivity index (χ0v) is 18.6. The Bertz CT molecular complexity index is 864. The van der Waals surface area contributed by atoms with Gasteiger partial charge in [-0.1, -0.05) is 12.1 Å². The van der Waals surface area contributed by atoms with E-state index in [0.29, 0.717) is 29.5 Å². The van der Waals surface area contributed by atoms with Gasteiger partial charge in [-0.15, -0.1) is 0 Å². The second-order valence-electron chi connectivity index (χ2n) is 6.78. The summed E-state index contributed by atoms with van der Waals surface area (Å²) in [5, 5.41) is 2.76.